The molecule has 0 bridgehead atoms. The van der Waals surface area contributed by atoms with Crippen molar-refractivity contribution in [3.05, 3.63) is 39.6 Å². The molecule has 24 heavy (non-hydrogen) atoms. The van der Waals surface area contributed by atoms with Gasteiger partial charge in [-0.2, -0.15) is 5.10 Å². The molecule has 7 nitrogen and oxygen atoms in total. The van der Waals surface area contributed by atoms with E-state index in [4.69, 9.17) is 0 Å². The standard InChI is InChI=1S/C17H25N5O2/c1-6-14-10-15(23)21(11-16(24)20(7-2)8-3)17(18-14)22-13(5)9-12(4)19-22/h9-10H,6-8,11H2,1-5H3. The van der Waals surface area contributed by atoms with E-state index in [1.165, 1.54) is 10.6 Å². The van der Waals surface area contributed by atoms with Crippen LogP contribution in [0.3, 0.4) is 0 Å². The van der Waals surface area contributed by atoms with Crippen LogP contribution in [0.25, 0.3) is 5.95 Å². The topological polar surface area (TPSA) is 73.0 Å². The molecular formula is C17H25N5O2. The van der Waals surface area contributed by atoms with Gasteiger partial charge in [-0.3, -0.25) is 14.2 Å². The van der Waals surface area contributed by atoms with Crippen molar-refractivity contribution in [1.82, 2.24) is 24.2 Å². The van der Waals surface area contributed by atoms with Crippen LogP contribution in [0, 0.1) is 13.8 Å². The second kappa shape index (κ2) is 7.42. The lowest BCUT2D eigenvalue weighted by molar-refractivity contribution is -0.131. The molecule has 2 rings (SSSR count). The molecule has 7 heteroatoms. The van der Waals surface area contributed by atoms with Crippen LogP contribution < -0.4 is 5.56 Å². The van der Waals surface area contributed by atoms with Gasteiger partial charge in [0.15, 0.2) is 0 Å². The predicted octanol–water partition coefficient (Wildman–Crippen LogP) is 1.48. The average Bonchev–Trinajstić information content (AvgIpc) is 2.88. The molecule has 0 fully saturated rings. The van der Waals surface area contributed by atoms with Gasteiger partial charge in [-0.05, 0) is 40.2 Å². The minimum absolute atomic E-state index is 0.0365. The third-order valence-electron chi connectivity index (χ3n) is 4.01. The Hall–Kier alpha value is -2.44. The van der Waals surface area contributed by atoms with E-state index in [0.717, 1.165) is 11.4 Å². The summed E-state index contributed by atoms with van der Waals surface area (Å²) in [5.41, 5.74) is 2.17. The molecule has 2 heterocycles. The summed E-state index contributed by atoms with van der Waals surface area (Å²) in [5, 5.41) is 4.42. The summed E-state index contributed by atoms with van der Waals surface area (Å²) in [6.45, 7) is 10.8. The van der Waals surface area contributed by atoms with Crippen molar-refractivity contribution >= 4 is 5.91 Å². The number of rotatable bonds is 6. The molecule has 0 atom stereocenters. The fraction of sp³-hybridized carbons (Fsp3) is 0.529. The first-order valence-electron chi connectivity index (χ1n) is 8.33. The molecule has 2 aromatic heterocycles. The van der Waals surface area contributed by atoms with Gasteiger partial charge < -0.3 is 4.90 Å². The maximum Gasteiger partial charge on any atom is 0.255 e. The number of nitrogens with zero attached hydrogens (tertiary/aromatic N) is 5. The van der Waals surface area contributed by atoms with Crippen LogP contribution in [-0.2, 0) is 17.8 Å². The Morgan fingerprint density at radius 1 is 1.17 bits per heavy atom. The molecule has 0 saturated heterocycles. The van der Waals surface area contributed by atoms with Gasteiger partial charge in [0, 0.05) is 30.5 Å². The monoisotopic (exact) mass is 331 g/mol. The van der Waals surface area contributed by atoms with Crippen LogP contribution in [0.2, 0.25) is 0 Å². The van der Waals surface area contributed by atoms with Gasteiger partial charge in [0.05, 0.1) is 5.69 Å². The Morgan fingerprint density at radius 2 is 1.83 bits per heavy atom. The van der Waals surface area contributed by atoms with Crippen molar-refractivity contribution in [2.45, 2.75) is 47.6 Å². The molecule has 0 saturated carbocycles. The molecule has 0 N–H and O–H groups in total. The van der Waals surface area contributed by atoms with E-state index in [2.05, 4.69) is 10.1 Å². The first-order chi connectivity index (χ1) is 11.4. The second-order valence-corrected chi connectivity index (χ2v) is 5.73. The minimum atomic E-state index is -0.232. The summed E-state index contributed by atoms with van der Waals surface area (Å²) >= 11 is 0. The van der Waals surface area contributed by atoms with Crippen LogP contribution >= 0.6 is 0 Å². The zero-order valence-corrected chi connectivity index (χ0v) is 15.0. The summed E-state index contributed by atoms with van der Waals surface area (Å²) in [5.74, 6) is 0.293. The summed E-state index contributed by atoms with van der Waals surface area (Å²) in [7, 11) is 0. The highest BCUT2D eigenvalue weighted by Gasteiger charge is 2.18. The molecule has 0 aliphatic carbocycles. The zero-order valence-electron chi connectivity index (χ0n) is 15.0. The molecule has 0 aliphatic rings. The number of likely N-dealkylation sites (N-methyl/N-ethyl adjacent to an activating group) is 1. The first kappa shape index (κ1) is 17.9. The summed E-state index contributed by atoms with van der Waals surface area (Å²) in [6.07, 6.45) is 0.645. The zero-order chi connectivity index (χ0) is 17.9. The lowest BCUT2D eigenvalue weighted by Gasteiger charge is -2.20. The van der Waals surface area contributed by atoms with Gasteiger partial charge >= 0.3 is 0 Å². The molecule has 0 aromatic carbocycles. The number of amides is 1. The lowest BCUT2D eigenvalue weighted by Crippen LogP contribution is -2.38. The summed E-state index contributed by atoms with van der Waals surface area (Å²) in [6, 6.07) is 3.41. The third-order valence-corrected chi connectivity index (χ3v) is 4.01. The fourth-order valence-corrected chi connectivity index (χ4v) is 2.67. The second-order valence-electron chi connectivity index (χ2n) is 5.73. The smallest absolute Gasteiger partial charge is 0.255 e. The normalized spacial score (nSPS) is 10.9. The number of carbonyl (C=O) groups is 1. The first-order valence-corrected chi connectivity index (χ1v) is 8.33. The maximum atomic E-state index is 12.6. The van der Waals surface area contributed by atoms with Crippen LogP contribution in [0.15, 0.2) is 16.9 Å². The average molecular weight is 331 g/mol. The molecule has 2 aromatic rings. The van der Waals surface area contributed by atoms with Crippen molar-refractivity contribution in [3.63, 3.8) is 0 Å². The highest BCUT2D eigenvalue weighted by Crippen LogP contribution is 2.10. The van der Waals surface area contributed by atoms with E-state index >= 15 is 0 Å². The van der Waals surface area contributed by atoms with E-state index in [1.807, 2.05) is 40.7 Å². The van der Waals surface area contributed by atoms with Crippen LogP contribution in [0.1, 0.15) is 37.9 Å². The molecule has 0 aliphatic heterocycles. The van der Waals surface area contributed by atoms with Gasteiger partial charge in [-0.15, -0.1) is 0 Å². The van der Waals surface area contributed by atoms with Gasteiger partial charge in [0.25, 0.3) is 5.56 Å². The largest absolute Gasteiger partial charge is 0.342 e. The number of aromatic nitrogens is 4. The Bertz CT molecular complexity index is 787. The van der Waals surface area contributed by atoms with Crippen LogP contribution in [0.4, 0.5) is 0 Å². The Morgan fingerprint density at radius 3 is 2.33 bits per heavy atom. The quantitative estimate of drug-likeness (QED) is 0.803. The van der Waals surface area contributed by atoms with E-state index in [-0.39, 0.29) is 18.0 Å². The number of hydrogen-bond acceptors (Lipinski definition) is 4. The third kappa shape index (κ3) is 3.55. The van der Waals surface area contributed by atoms with Crippen LogP contribution in [-0.4, -0.2) is 43.2 Å². The number of carbonyl (C=O) groups excluding carboxylic acids is 1. The predicted molar refractivity (Wildman–Crippen MR) is 92.4 cm³/mol. The van der Waals surface area contributed by atoms with Gasteiger partial charge in [-0.25, -0.2) is 9.67 Å². The molecule has 1 amide bonds. The molecule has 0 unspecified atom stereocenters. The van der Waals surface area contributed by atoms with E-state index in [1.54, 1.807) is 9.58 Å². The van der Waals surface area contributed by atoms with Crippen molar-refractivity contribution < 1.29 is 4.79 Å². The van der Waals surface area contributed by atoms with Crippen LogP contribution in [0.5, 0.6) is 0 Å². The highest BCUT2D eigenvalue weighted by molar-refractivity contribution is 5.76. The van der Waals surface area contributed by atoms with Gasteiger partial charge in [0.2, 0.25) is 11.9 Å². The Kier molecular flexibility index (Phi) is 5.54. The van der Waals surface area contributed by atoms with E-state index < -0.39 is 0 Å². The Balaban J connectivity index is 2.56. The van der Waals surface area contributed by atoms with Crippen molar-refractivity contribution in [2.24, 2.45) is 0 Å². The minimum Gasteiger partial charge on any atom is -0.342 e. The highest BCUT2D eigenvalue weighted by atomic mass is 16.2. The Labute approximate surface area is 141 Å². The molecule has 0 spiro atoms. The van der Waals surface area contributed by atoms with Gasteiger partial charge in [0.1, 0.15) is 6.54 Å². The molecule has 0 radical (unpaired) electrons. The maximum absolute atomic E-state index is 12.6. The van der Waals surface area contributed by atoms with Crippen molar-refractivity contribution in [3.8, 4) is 5.95 Å². The molecular weight excluding hydrogens is 306 g/mol. The van der Waals surface area contributed by atoms with Crippen molar-refractivity contribution in [1.29, 1.82) is 0 Å². The lowest BCUT2D eigenvalue weighted by atomic mass is 10.3. The summed E-state index contributed by atoms with van der Waals surface area (Å²) in [4.78, 5) is 31.3. The summed E-state index contributed by atoms with van der Waals surface area (Å²) < 4.78 is 3.03. The SMILES string of the molecule is CCc1cc(=O)n(CC(=O)N(CC)CC)c(-n2nc(C)cc2C)n1. The van der Waals surface area contributed by atoms with Gasteiger partial charge in [-0.1, -0.05) is 6.92 Å². The van der Waals surface area contributed by atoms with E-state index in [9.17, 15) is 9.59 Å². The van der Waals surface area contributed by atoms with E-state index in [0.29, 0.717) is 31.2 Å². The number of hydrogen-bond donors (Lipinski definition) is 0. The molecule has 130 valence electrons. The number of aryl methyl sites for hydroxylation is 3. The van der Waals surface area contributed by atoms with Crippen molar-refractivity contribution in [2.75, 3.05) is 13.1 Å². The fourth-order valence-electron chi connectivity index (χ4n) is 2.67.